The van der Waals surface area contributed by atoms with Crippen molar-refractivity contribution in [2.45, 2.75) is 11.8 Å². The zero-order valence-electron chi connectivity index (χ0n) is 12.1. The Morgan fingerprint density at radius 2 is 1.82 bits per heavy atom. The van der Waals surface area contributed by atoms with Crippen molar-refractivity contribution in [3.63, 3.8) is 0 Å². The number of benzene rings is 2. The molecule has 5 nitrogen and oxygen atoms in total. The molecule has 2 aromatic carbocycles. The molecule has 0 unspecified atom stereocenters. The van der Waals surface area contributed by atoms with Gasteiger partial charge in [0.25, 0.3) is 10.1 Å². The van der Waals surface area contributed by atoms with E-state index in [-0.39, 0.29) is 56.3 Å². The summed E-state index contributed by atoms with van der Waals surface area (Å²) in [5.74, 6) is 0. The average Bonchev–Trinajstić information content (AvgIpc) is 2.80. The van der Waals surface area contributed by atoms with Crippen molar-refractivity contribution in [2.75, 3.05) is 5.73 Å². The first-order valence-electron chi connectivity index (χ1n) is 6.09. The maximum absolute atomic E-state index is 11.5. The van der Waals surface area contributed by atoms with Crippen LogP contribution in [0.2, 0.25) is 0 Å². The van der Waals surface area contributed by atoms with Crippen molar-refractivity contribution in [3.8, 4) is 10.6 Å². The molecule has 1 heterocycles. The second-order valence-corrected chi connectivity index (χ2v) is 7.12. The van der Waals surface area contributed by atoms with Crippen LogP contribution < -0.4 is 5.73 Å². The molecule has 0 bridgehead atoms. The first-order valence-corrected chi connectivity index (χ1v) is 8.35. The fourth-order valence-electron chi connectivity index (χ4n) is 2.08. The normalized spacial score (nSPS) is 11.4. The van der Waals surface area contributed by atoms with Gasteiger partial charge in [-0.05, 0) is 48.9 Å². The van der Waals surface area contributed by atoms with E-state index in [9.17, 15) is 13.0 Å². The number of aromatic nitrogens is 1. The summed E-state index contributed by atoms with van der Waals surface area (Å²) in [6, 6.07) is 10.4. The van der Waals surface area contributed by atoms with Crippen LogP contribution in [0.4, 0.5) is 5.69 Å². The molecule has 1 aromatic heterocycles. The van der Waals surface area contributed by atoms with Gasteiger partial charge >= 0.3 is 0 Å². The molecule has 3 N–H and O–H groups in total. The molecule has 0 saturated heterocycles. The van der Waals surface area contributed by atoms with Gasteiger partial charge in [-0.15, -0.1) is 11.3 Å². The van der Waals surface area contributed by atoms with Crippen molar-refractivity contribution in [1.82, 2.24) is 4.98 Å². The molecule has 3 rings (SSSR count). The standard InChI is InChI=1S/C14H12N2O3S2.K/c1-8-6-11-13(12(7-8)21(17,18)19)20-14(16-11)9-2-4-10(15)5-3-9;/h2-7H,15H2,1H3,(H,17,18,19);. The smallest absolute Gasteiger partial charge is 0.296 e. The van der Waals surface area contributed by atoms with E-state index >= 15 is 0 Å². The molecular weight excluding hydrogens is 347 g/mol. The summed E-state index contributed by atoms with van der Waals surface area (Å²) in [5, 5.41) is 0.681. The van der Waals surface area contributed by atoms with Crippen LogP contribution in [0.5, 0.6) is 0 Å². The van der Waals surface area contributed by atoms with Gasteiger partial charge in [0.2, 0.25) is 0 Å². The zero-order valence-corrected chi connectivity index (χ0v) is 16.8. The van der Waals surface area contributed by atoms with E-state index in [0.717, 1.165) is 11.1 Å². The molecule has 1 radical (unpaired) electrons. The Bertz CT molecular complexity index is 935. The minimum Gasteiger partial charge on any atom is -0.399 e. The van der Waals surface area contributed by atoms with Gasteiger partial charge < -0.3 is 5.73 Å². The predicted molar refractivity (Wildman–Crippen MR) is 89.8 cm³/mol. The zero-order chi connectivity index (χ0) is 15.2. The number of hydrogen-bond acceptors (Lipinski definition) is 5. The molecular formula is C14H12KN2O3S2. The summed E-state index contributed by atoms with van der Waals surface area (Å²) < 4.78 is 32.8. The van der Waals surface area contributed by atoms with Crippen molar-refractivity contribution in [2.24, 2.45) is 0 Å². The van der Waals surface area contributed by atoms with Crippen LogP contribution in [0.25, 0.3) is 20.8 Å². The van der Waals surface area contributed by atoms with Gasteiger partial charge in [0.1, 0.15) is 9.90 Å². The van der Waals surface area contributed by atoms with Gasteiger partial charge in [0.15, 0.2) is 0 Å². The number of fused-ring (bicyclic) bond motifs is 1. The van der Waals surface area contributed by atoms with Crippen LogP contribution in [0.1, 0.15) is 5.56 Å². The summed E-state index contributed by atoms with van der Waals surface area (Å²) >= 11 is 1.23. The molecule has 109 valence electrons. The average molecular weight is 359 g/mol. The molecule has 0 spiro atoms. The van der Waals surface area contributed by atoms with Crippen LogP contribution in [0, 0.1) is 6.92 Å². The van der Waals surface area contributed by atoms with Crippen LogP contribution in [-0.4, -0.2) is 69.3 Å². The third-order valence-corrected chi connectivity index (χ3v) is 5.20. The Balaban J connectivity index is 0.00000176. The van der Waals surface area contributed by atoms with E-state index < -0.39 is 10.1 Å². The number of hydrogen-bond donors (Lipinski definition) is 2. The summed E-state index contributed by atoms with van der Waals surface area (Å²) in [4.78, 5) is 4.35. The largest absolute Gasteiger partial charge is 0.399 e. The SMILES string of the molecule is Cc1cc(S(=O)(=O)O)c2sc(-c3ccc(N)cc3)nc2c1.[K]. The van der Waals surface area contributed by atoms with E-state index in [4.69, 9.17) is 5.73 Å². The minimum absolute atomic E-state index is 0. The Morgan fingerprint density at radius 3 is 2.41 bits per heavy atom. The summed E-state index contributed by atoms with van der Waals surface area (Å²) in [7, 11) is -4.28. The quantitative estimate of drug-likeness (QED) is 0.417. The number of nitrogens with zero attached hydrogens (tertiary/aromatic N) is 1. The number of nitrogens with two attached hydrogens (primary N) is 1. The molecule has 22 heavy (non-hydrogen) atoms. The molecule has 0 aliphatic carbocycles. The maximum Gasteiger partial charge on any atom is 0.296 e. The monoisotopic (exact) mass is 359 g/mol. The van der Waals surface area contributed by atoms with E-state index in [0.29, 0.717) is 20.9 Å². The Morgan fingerprint density at radius 1 is 1.18 bits per heavy atom. The van der Waals surface area contributed by atoms with Gasteiger partial charge in [-0.2, -0.15) is 8.42 Å². The number of nitrogen functional groups attached to an aromatic ring is 1. The van der Waals surface area contributed by atoms with Gasteiger partial charge in [-0.25, -0.2) is 4.98 Å². The van der Waals surface area contributed by atoms with Crippen LogP contribution in [0.3, 0.4) is 0 Å². The van der Waals surface area contributed by atoms with Crippen molar-refractivity contribution in [3.05, 3.63) is 42.0 Å². The van der Waals surface area contributed by atoms with E-state index in [1.165, 1.54) is 17.4 Å². The molecule has 0 atom stereocenters. The molecule has 0 aliphatic rings. The van der Waals surface area contributed by atoms with E-state index in [2.05, 4.69) is 4.98 Å². The summed E-state index contributed by atoms with van der Waals surface area (Å²) in [6.07, 6.45) is 0. The van der Waals surface area contributed by atoms with Crippen LogP contribution in [0.15, 0.2) is 41.3 Å². The molecule has 0 amide bonds. The number of anilines is 1. The third kappa shape index (κ3) is 3.60. The van der Waals surface area contributed by atoms with Gasteiger partial charge in [0, 0.05) is 62.6 Å². The number of rotatable bonds is 2. The fourth-order valence-corrected chi connectivity index (χ4v) is 4.15. The second-order valence-electron chi connectivity index (χ2n) is 4.73. The molecule has 8 heteroatoms. The van der Waals surface area contributed by atoms with Gasteiger partial charge in [-0.3, -0.25) is 4.55 Å². The topological polar surface area (TPSA) is 93.3 Å². The van der Waals surface area contributed by atoms with E-state index in [1.807, 2.05) is 12.1 Å². The second kappa shape index (κ2) is 6.66. The van der Waals surface area contributed by atoms with Crippen LogP contribution in [-0.2, 0) is 10.1 Å². The maximum atomic E-state index is 11.5. The molecule has 0 aliphatic heterocycles. The Kier molecular flexibility index (Phi) is 5.45. The Labute approximate surface area is 174 Å². The molecule has 0 saturated carbocycles. The summed E-state index contributed by atoms with van der Waals surface area (Å²) in [6.45, 7) is 1.76. The van der Waals surface area contributed by atoms with Crippen molar-refractivity contribution >= 4 is 88.7 Å². The first kappa shape index (κ1) is 18.0. The molecule has 0 fully saturated rings. The summed E-state index contributed by atoms with van der Waals surface area (Å²) in [5.41, 5.74) is 8.43. The van der Waals surface area contributed by atoms with Crippen molar-refractivity contribution < 1.29 is 13.0 Å². The Hall–Kier alpha value is -0.324. The van der Waals surface area contributed by atoms with Crippen molar-refractivity contribution in [1.29, 1.82) is 0 Å². The van der Waals surface area contributed by atoms with Gasteiger partial charge in [-0.1, -0.05) is 0 Å². The van der Waals surface area contributed by atoms with E-state index in [1.54, 1.807) is 25.1 Å². The number of aryl methyl sites for hydroxylation is 1. The third-order valence-electron chi connectivity index (χ3n) is 3.04. The van der Waals surface area contributed by atoms with Crippen LogP contribution >= 0.6 is 11.3 Å². The minimum atomic E-state index is -4.28. The predicted octanol–water partition coefficient (Wildman–Crippen LogP) is 2.72. The fraction of sp³-hybridized carbons (Fsp3) is 0.0714. The number of thiazole rings is 1. The first-order chi connectivity index (χ1) is 9.84. The molecule has 3 aromatic rings. The van der Waals surface area contributed by atoms with Gasteiger partial charge in [0.05, 0.1) is 10.2 Å².